The van der Waals surface area contributed by atoms with Gasteiger partial charge in [-0.05, 0) is 31.2 Å². The molecule has 1 aromatic heterocycles. The second-order valence-electron chi connectivity index (χ2n) is 4.10. The molecule has 102 valence electrons. The van der Waals surface area contributed by atoms with Gasteiger partial charge in [0.2, 0.25) is 0 Å². The SMILES string of the molecule is CCN(C(=O)c1cccc(C(=O)O)n1)c1ccccc1. The fourth-order valence-electron chi connectivity index (χ4n) is 1.86. The quantitative estimate of drug-likeness (QED) is 0.926. The molecule has 1 aromatic carbocycles. The summed E-state index contributed by atoms with van der Waals surface area (Å²) < 4.78 is 0. The summed E-state index contributed by atoms with van der Waals surface area (Å²) in [5, 5.41) is 8.92. The van der Waals surface area contributed by atoms with Crippen molar-refractivity contribution in [2.75, 3.05) is 11.4 Å². The third-order valence-electron chi connectivity index (χ3n) is 2.82. The van der Waals surface area contributed by atoms with Crippen molar-refractivity contribution in [3.05, 3.63) is 59.9 Å². The van der Waals surface area contributed by atoms with Gasteiger partial charge in [-0.15, -0.1) is 0 Å². The van der Waals surface area contributed by atoms with Crippen LogP contribution in [0.15, 0.2) is 48.5 Å². The van der Waals surface area contributed by atoms with Gasteiger partial charge in [0.25, 0.3) is 5.91 Å². The van der Waals surface area contributed by atoms with E-state index in [0.717, 1.165) is 5.69 Å². The highest BCUT2D eigenvalue weighted by atomic mass is 16.4. The lowest BCUT2D eigenvalue weighted by atomic mass is 10.2. The number of hydrogen-bond donors (Lipinski definition) is 1. The number of pyridine rings is 1. The molecule has 1 heterocycles. The molecular weight excluding hydrogens is 256 g/mol. The zero-order valence-corrected chi connectivity index (χ0v) is 11.0. The van der Waals surface area contributed by atoms with Gasteiger partial charge in [-0.25, -0.2) is 9.78 Å². The Morgan fingerprint density at radius 3 is 2.30 bits per heavy atom. The average molecular weight is 270 g/mol. The summed E-state index contributed by atoms with van der Waals surface area (Å²) in [4.78, 5) is 28.7. The van der Waals surface area contributed by atoms with E-state index in [1.54, 1.807) is 4.90 Å². The molecule has 0 aliphatic heterocycles. The average Bonchev–Trinajstić information content (AvgIpc) is 2.49. The van der Waals surface area contributed by atoms with Gasteiger partial charge in [0.05, 0.1) is 0 Å². The maximum Gasteiger partial charge on any atom is 0.354 e. The lowest BCUT2D eigenvalue weighted by Gasteiger charge is -2.20. The molecule has 0 aliphatic carbocycles. The van der Waals surface area contributed by atoms with Crippen LogP contribution in [0.2, 0.25) is 0 Å². The number of carbonyl (C=O) groups excluding carboxylic acids is 1. The first kappa shape index (κ1) is 13.7. The lowest BCUT2D eigenvalue weighted by Crippen LogP contribution is -2.31. The van der Waals surface area contributed by atoms with Crippen LogP contribution in [-0.2, 0) is 0 Å². The molecule has 0 saturated carbocycles. The van der Waals surface area contributed by atoms with E-state index in [1.165, 1.54) is 18.2 Å². The van der Waals surface area contributed by atoms with E-state index in [1.807, 2.05) is 37.3 Å². The van der Waals surface area contributed by atoms with Crippen molar-refractivity contribution in [2.45, 2.75) is 6.92 Å². The number of para-hydroxylation sites is 1. The van der Waals surface area contributed by atoms with Gasteiger partial charge in [0.15, 0.2) is 0 Å². The molecule has 1 amide bonds. The Morgan fingerprint density at radius 1 is 1.05 bits per heavy atom. The van der Waals surface area contributed by atoms with Crippen molar-refractivity contribution in [1.82, 2.24) is 4.98 Å². The largest absolute Gasteiger partial charge is 0.477 e. The maximum atomic E-state index is 12.4. The van der Waals surface area contributed by atoms with Crippen molar-refractivity contribution in [3.8, 4) is 0 Å². The Morgan fingerprint density at radius 2 is 1.70 bits per heavy atom. The number of carboxylic acid groups (broad SMARTS) is 1. The number of aromatic nitrogens is 1. The van der Waals surface area contributed by atoms with Crippen molar-refractivity contribution >= 4 is 17.6 Å². The van der Waals surface area contributed by atoms with E-state index in [-0.39, 0.29) is 17.3 Å². The number of carbonyl (C=O) groups is 2. The first-order valence-electron chi connectivity index (χ1n) is 6.20. The number of rotatable bonds is 4. The van der Waals surface area contributed by atoms with Crippen LogP contribution >= 0.6 is 0 Å². The summed E-state index contributed by atoms with van der Waals surface area (Å²) in [7, 11) is 0. The first-order chi connectivity index (χ1) is 9.63. The molecule has 1 N–H and O–H groups in total. The number of aromatic carboxylic acids is 1. The second kappa shape index (κ2) is 5.97. The zero-order chi connectivity index (χ0) is 14.5. The molecule has 0 atom stereocenters. The van der Waals surface area contributed by atoms with Crippen LogP contribution in [0.4, 0.5) is 5.69 Å². The lowest BCUT2D eigenvalue weighted by molar-refractivity contribution is 0.0690. The van der Waals surface area contributed by atoms with Gasteiger partial charge in [0, 0.05) is 12.2 Å². The van der Waals surface area contributed by atoms with Crippen LogP contribution in [0, 0.1) is 0 Å². The molecule has 0 unspecified atom stereocenters. The first-order valence-corrected chi connectivity index (χ1v) is 6.20. The fourth-order valence-corrected chi connectivity index (χ4v) is 1.86. The van der Waals surface area contributed by atoms with Crippen molar-refractivity contribution < 1.29 is 14.7 Å². The molecule has 0 bridgehead atoms. The van der Waals surface area contributed by atoms with E-state index >= 15 is 0 Å². The van der Waals surface area contributed by atoms with Crippen LogP contribution in [0.3, 0.4) is 0 Å². The van der Waals surface area contributed by atoms with Crippen LogP contribution in [0.25, 0.3) is 0 Å². The topological polar surface area (TPSA) is 70.5 Å². The Balaban J connectivity index is 2.34. The van der Waals surface area contributed by atoms with Gasteiger partial charge in [-0.3, -0.25) is 4.79 Å². The predicted octanol–water partition coefficient (Wildman–Crippen LogP) is 2.45. The second-order valence-corrected chi connectivity index (χ2v) is 4.10. The predicted molar refractivity (Wildman–Crippen MR) is 75.0 cm³/mol. The molecule has 5 nitrogen and oxygen atoms in total. The molecule has 5 heteroatoms. The van der Waals surface area contributed by atoms with Crippen LogP contribution < -0.4 is 4.90 Å². The Hall–Kier alpha value is -2.69. The standard InChI is InChI=1S/C15H14N2O3/c1-2-17(11-7-4-3-5-8-11)14(18)12-9-6-10-13(16-12)15(19)20/h3-10H,2H2,1H3,(H,19,20). The number of nitrogens with zero attached hydrogens (tertiary/aromatic N) is 2. The van der Waals surface area contributed by atoms with Crippen molar-refractivity contribution in [3.63, 3.8) is 0 Å². The van der Waals surface area contributed by atoms with Crippen molar-refractivity contribution in [1.29, 1.82) is 0 Å². The van der Waals surface area contributed by atoms with E-state index in [0.29, 0.717) is 6.54 Å². The Labute approximate surface area is 116 Å². The normalized spacial score (nSPS) is 10.1. The number of anilines is 1. The van der Waals surface area contributed by atoms with Gasteiger partial charge < -0.3 is 10.0 Å². The summed E-state index contributed by atoms with van der Waals surface area (Å²) >= 11 is 0. The smallest absolute Gasteiger partial charge is 0.354 e. The third kappa shape index (κ3) is 2.83. The molecule has 0 saturated heterocycles. The third-order valence-corrected chi connectivity index (χ3v) is 2.82. The summed E-state index contributed by atoms with van der Waals surface area (Å²) in [5.74, 6) is -1.47. The molecule has 0 aliphatic rings. The molecule has 20 heavy (non-hydrogen) atoms. The number of hydrogen-bond acceptors (Lipinski definition) is 3. The highest BCUT2D eigenvalue weighted by molar-refractivity contribution is 6.05. The zero-order valence-electron chi connectivity index (χ0n) is 11.0. The monoisotopic (exact) mass is 270 g/mol. The summed E-state index contributed by atoms with van der Waals surface area (Å²) in [6.45, 7) is 2.33. The van der Waals surface area contributed by atoms with E-state index in [2.05, 4.69) is 4.98 Å². The van der Waals surface area contributed by atoms with E-state index in [9.17, 15) is 9.59 Å². The molecular formula is C15H14N2O3. The minimum Gasteiger partial charge on any atom is -0.477 e. The molecule has 0 spiro atoms. The minimum absolute atomic E-state index is 0.121. The number of amides is 1. The van der Waals surface area contributed by atoms with Gasteiger partial charge >= 0.3 is 5.97 Å². The summed E-state index contributed by atoms with van der Waals surface area (Å²) in [6, 6.07) is 13.6. The molecule has 2 aromatic rings. The van der Waals surface area contributed by atoms with Gasteiger partial charge in [0.1, 0.15) is 11.4 Å². The van der Waals surface area contributed by atoms with E-state index in [4.69, 9.17) is 5.11 Å². The number of benzene rings is 1. The van der Waals surface area contributed by atoms with Crippen LogP contribution in [0.1, 0.15) is 27.9 Å². The van der Waals surface area contributed by atoms with Gasteiger partial charge in [-0.1, -0.05) is 24.3 Å². The summed E-state index contributed by atoms with van der Waals surface area (Å²) in [6.07, 6.45) is 0. The fraction of sp³-hybridized carbons (Fsp3) is 0.133. The molecule has 2 rings (SSSR count). The van der Waals surface area contributed by atoms with E-state index < -0.39 is 5.97 Å². The highest BCUT2D eigenvalue weighted by Gasteiger charge is 2.18. The Bertz CT molecular complexity index is 626. The van der Waals surface area contributed by atoms with Crippen LogP contribution in [-0.4, -0.2) is 28.5 Å². The van der Waals surface area contributed by atoms with Crippen LogP contribution in [0.5, 0.6) is 0 Å². The Kier molecular flexibility index (Phi) is 4.10. The minimum atomic E-state index is -1.15. The number of carboxylic acids is 1. The summed E-state index contributed by atoms with van der Waals surface area (Å²) in [5.41, 5.74) is 0.734. The molecule has 0 radical (unpaired) electrons. The molecule has 0 fully saturated rings. The highest BCUT2D eigenvalue weighted by Crippen LogP contribution is 2.15. The van der Waals surface area contributed by atoms with Gasteiger partial charge in [-0.2, -0.15) is 0 Å². The van der Waals surface area contributed by atoms with Crippen molar-refractivity contribution in [2.24, 2.45) is 0 Å². The maximum absolute atomic E-state index is 12.4.